The third kappa shape index (κ3) is 1.73. The molecule has 0 saturated carbocycles. The van der Waals surface area contributed by atoms with Crippen molar-refractivity contribution in [1.29, 1.82) is 0 Å². The van der Waals surface area contributed by atoms with Gasteiger partial charge < -0.3 is 0 Å². The molecule has 0 radical (unpaired) electrons. The Morgan fingerprint density at radius 2 is 2.11 bits per heavy atom. The summed E-state index contributed by atoms with van der Waals surface area (Å²) in [5.41, 5.74) is 1.92. The van der Waals surface area contributed by atoms with Crippen LogP contribution in [0.2, 0.25) is 10.0 Å². The second-order valence-electron chi connectivity index (χ2n) is 3.65. The van der Waals surface area contributed by atoms with E-state index in [9.17, 15) is 4.79 Å². The van der Waals surface area contributed by atoms with Gasteiger partial charge in [-0.3, -0.25) is 9.20 Å². The summed E-state index contributed by atoms with van der Waals surface area (Å²) in [6.45, 7) is 0. The molecule has 0 saturated heterocycles. The van der Waals surface area contributed by atoms with Crippen molar-refractivity contribution in [2.75, 3.05) is 0 Å². The van der Waals surface area contributed by atoms with Crippen LogP contribution in [0.4, 0.5) is 0 Å². The Bertz CT molecular complexity index is 748. The molecule has 1 aromatic carbocycles. The molecule has 0 atom stereocenters. The average Bonchev–Trinajstić information content (AvgIpc) is 2.92. The zero-order chi connectivity index (χ0) is 12.7. The van der Waals surface area contributed by atoms with Crippen LogP contribution in [-0.2, 0) is 0 Å². The van der Waals surface area contributed by atoms with Crippen LogP contribution in [0.25, 0.3) is 16.2 Å². The maximum atomic E-state index is 11.2. The minimum absolute atomic E-state index is 0.447. The zero-order valence-corrected chi connectivity index (χ0v) is 11.3. The summed E-state index contributed by atoms with van der Waals surface area (Å²) in [4.78, 5) is 16.4. The molecule has 0 aliphatic carbocycles. The number of carbonyl (C=O) groups excluding carboxylic acids is 1. The Morgan fingerprint density at radius 1 is 1.28 bits per heavy atom. The number of halogens is 2. The molecule has 0 unspecified atom stereocenters. The highest BCUT2D eigenvalue weighted by molar-refractivity contribution is 7.15. The molecule has 3 aromatic rings. The van der Waals surface area contributed by atoms with Gasteiger partial charge in [0.15, 0.2) is 11.2 Å². The summed E-state index contributed by atoms with van der Waals surface area (Å²) in [5, 5.41) is 2.81. The van der Waals surface area contributed by atoms with E-state index in [1.54, 1.807) is 22.6 Å². The Kier molecular flexibility index (Phi) is 2.86. The van der Waals surface area contributed by atoms with Crippen LogP contribution in [-0.4, -0.2) is 15.7 Å². The lowest BCUT2D eigenvalue weighted by molar-refractivity contribution is 0.111. The lowest BCUT2D eigenvalue weighted by atomic mass is 10.1. The normalized spacial score (nSPS) is 11.0. The monoisotopic (exact) mass is 296 g/mol. The van der Waals surface area contributed by atoms with Crippen LogP contribution in [0.3, 0.4) is 0 Å². The summed E-state index contributed by atoms with van der Waals surface area (Å²) < 4.78 is 1.76. The van der Waals surface area contributed by atoms with E-state index in [2.05, 4.69) is 4.98 Å². The SMILES string of the molecule is O=Cc1c(-c2ccc(Cl)c(Cl)c2)nc2sccn12. The number of hydrogen-bond donors (Lipinski definition) is 0. The van der Waals surface area contributed by atoms with Gasteiger partial charge in [-0.1, -0.05) is 29.3 Å². The van der Waals surface area contributed by atoms with Crippen molar-refractivity contribution >= 4 is 45.8 Å². The number of hydrogen-bond acceptors (Lipinski definition) is 3. The third-order valence-corrected chi connectivity index (χ3v) is 4.10. The lowest BCUT2D eigenvalue weighted by Crippen LogP contribution is -1.90. The fourth-order valence-electron chi connectivity index (χ4n) is 1.77. The Hall–Kier alpha value is -1.36. The first-order chi connectivity index (χ1) is 8.70. The number of aldehydes is 1. The number of fused-ring (bicyclic) bond motifs is 1. The molecule has 2 aromatic heterocycles. The van der Waals surface area contributed by atoms with Crippen molar-refractivity contribution in [1.82, 2.24) is 9.38 Å². The van der Waals surface area contributed by atoms with Gasteiger partial charge in [-0.05, 0) is 12.1 Å². The van der Waals surface area contributed by atoms with Crippen molar-refractivity contribution in [3.63, 3.8) is 0 Å². The van der Waals surface area contributed by atoms with Crippen molar-refractivity contribution in [3.8, 4) is 11.3 Å². The second-order valence-corrected chi connectivity index (χ2v) is 5.34. The Balaban J connectivity index is 2.26. The molecule has 2 heterocycles. The number of imidazole rings is 1. The molecule has 6 heteroatoms. The molecule has 0 aliphatic heterocycles. The maximum absolute atomic E-state index is 11.2. The molecule has 0 fully saturated rings. The van der Waals surface area contributed by atoms with Crippen LogP contribution in [0.5, 0.6) is 0 Å². The molecule has 90 valence electrons. The van der Waals surface area contributed by atoms with E-state index in [1.807, 2.05) is 11.6 Å². The summed E-state index contributed by atoms with van der Waals surface area (Å²) >= 11 is 13.3. The van der Waals surface area contributed by atoms with Crippen LogP contribution in [0.15, 0.2) is 29.8 Å². The minimum atomic E-state index is 0.447. The molecule has 0 N–H and O–H groups in total. The molecule has 3 rings (SSSR count). The number of carbonyl (C=O) groups is 1. The van der Waals surface area contributed by atoms with E-state index in [-0.39, 0.29) is 0 Å². The molecule has 0 spiro atoms. The van der Waals surface area contributed by atoms with Gasteiger partial charge in [0.25, 0.3) is 0 Å². The van der Waals surface area contributed by atoms with E-state index >= 15 is 0 Å². The molecular weight excluding hydrogens is 291 g/mol. The van der Waals surface area contributed by atoms with Crippen LogP contribution in [0, 0.1) is 0 Å². The topological polar surface area (TPSA) is 34.4 Å². The summed E-state index contributed by atoms with van der Waals surface area (Å²) in [6, 6.07) is 5.21. The first-order valence-electron chi connectivity index (χ1n) is 5.07. The smallest absolute Gasteiger partial charge is 0.194 e. The first kappa shape index (κ1) is 11.7. The van der Waals surface area contributed by atoms with Gasteiger partial charge in [0.05, 0.1) is 10.0 Å². The van der Waals surface area contributed by atoms with Crippen LogP contribution >= 0.6 is 34.5 Å². The predicted molar refractivity (Wildman–Crippen MR) is 73.9 cm³/mol. The van der Waals surface area contributed by atoms with Gasteiger partial charge in [-0.25, -0.2) is 4.98 Å². The van der Waals surface area contributed by atoms with E-state index in [1.165, 1.54) is 11.3 Å². The molecule has 18 heavy (non-hydrogen) atoms. The van der Waals surface area contributed by atoms with Crippen molar-refractivity contribution in [2.24, 2.45) is 0 Å². The number of benzene rings is 1. The van der Waals surface area contributed by atoms with Gasteiger partial charge in [0.2, 0.25) is 0 Å². The highest BCUT2D eigenvalue weighted by atomic mass is 35.5. The van der Waals surface area contributed by atoms with Gasteiger partial charge in [-0.15, -0.1) is 11.3 Å². The highest BCUT2D eigenvalue weighted by Gasteiger charge is 2.14. The predicted octanol–water partition coefficient (Wildman–Crippen LogP) is 4.18. The molecule has 0 amide bonds. The quantitative estimate of drug-likeness (QED) is 0.665. The number of nitrogens with zero attached hydrogens (tertiary/aromatic N) is 2. The van der Waals surface area contributed by atoms with Crippen molar-refractivity contribution in [2.45, 2.75) is 0 Å². The Labute approximate surface area is 117 Å². The van der Waals surface area contributed by atoms with Crippen LogP contribution < -0.4 is 0 Å². The van der Waals surface area contributed by atoms with Gasteiger partial charge in [0.1, 0.15) is 11.4 Å². The van der Waals surface area contributed by atoms with Gasteiger partial charge >= 0.3 is 0 Å². The van der Waals surface area contributed by atoms with E-state index in [0.29, 0.717) is 21.4 Å². The zero-order valence-electron chi connectivity index (χ0n) is 8.93. The largest absolute Gasteiger partial charge is 0.296 e. The minimum Gasteiger partial charge on any atom is -0.296 e. The first-order valence-corrected chi connectivity index (χ1v) is 6.70. The molecular formula is C12H6Cl2N2OS. The Morgan fingerprint density at radius 3 is 2.83 bits per heavy atom. The maximum Gasteiger partial charge on any atom is 0.194 e. The van der Waals surface area contributed by atoms with Crippen LogP contribution in [0.1, 0.15) is 10.5 Å². The number of thiazole rings is 1. The highest BCUT2D eigenvalue weighted by Crippen LogP contribution is 2.30. The van der Waals surface area contributed by atoms with E-state index in [4.69, 9.17) is 23.2 Å². The average molecular weight is 297 g/mol. The van der Waals surface area contributed by atoms with Crippen molar-refractivity contribution in [3.05, 3.63) is 45.5 Å². The summed E-state index contributed by atoms with van der Waals surface area (Å²) in [5.74, 6) is 0. The molecule has 3 nitrogen and oxygen atoms in total. The van der Waals surface area contributed by atoms with Gasteiger partial charge in [-0.2, -0.15) is 0 Å². The standard InChI is InChI=1S/C12H6Cl2N2OS/c13-8-2-1-7(5-9(8)14)11-10(6-17)16-3-4-18-12(16)15-11/h1-6H. The summed E-state index contributed by atoms with van der Waals surface area (Å²) in [7, 11) is 0. The number of aromatic nitrogens is 2. The fourth-order valence-corrected chi connectivity index (χ4v) is 2.79. The molecule has 0 bridgehead atoms. The third-order valence-electron chi connectivity index (χ3n) is 2.60. The fraction of sp³-hybridized carbons (Fsp3) is 0. The second kappa shape index (κ2) is 4.39. The van der Waals surface area contributed by atoms with E-state index in [0.717, 1.165) is 16.8 Å². The van der Waals surface area contributed by atoms with E-state index < -0.39 is 0 Å². The lowest BCUT2D eigenvalue weighted by Gasteiger charge is -2.01. The molecule has 0 aliphatic rings. The van der Waals surface area contributed by atoms with Crippen molar-refractivity contribution < 1.29 is 4.79 Å². The number of rotatable bonds is 2. The van der Waals surface area contributed by atoms with Gasteiger partial charge in [0, 0.05) is 17.1 Å². The summed E-state index contributed by atoms with van der Waals surface area (Å²) in [6.07, 6.45) is 2.61.